The zero-order valence-electron chi connectivity index (χ0n) is 19.3. The number of imidazole rings is 1. The van der Waals surface area contributed by atoms with Gasteiger partial charge in [0.05, 0.1) is 17.6 Å². The fourth-order valence-electron chi connectivity index (χ4n) is 3.82. The van der Waals surface area contributed by atoms with Gasteiger partial charge in [0, 0.05) is 35.0 Å². The zero-order chi connectivity index (χ0) is 23.0. The molecule has 0 bridgehead atoms. The molecular weight excluding hydrogens is 410 g/mol. The molecule has 2 heterocycles. The molecule has 0 saturated heterocycles. The van der Waals surface area contributed by atoms with Crippen molar-refractivity contribution in [3.63, 3.8) is 0 Å². The summed E-state index contributed by atoms with van der Waals surface area (Å²) in [5.74, 6) is 1.23. The van der Waals surface area contributed by atoms with Gasteiger partial charge in [0.2, 0.25) is 0 Å². The van der Waals surface area contributed by atoms with Crippen LogP contribution in [0.25, 0.3) is 28.2 Å². The minimum Gasteiger partial charge on any atom is -0.367 e. The Kier molecular flexibility index (Phi) is 5.36. The second kappa shape index (κ2) is 8.35. The van der Waals surface area contributed by atoms with E-state index in [0.717, 1.165) is 53.4 Å². The van der Waals surface area contributed by atoms with Crippen LogP contribution in [0.5, 0.6) is 0 Å². The fourth-order valence-corrected chi connectivity index (χ4v) is 3.82. The van der Waals surface area contributed by atoms with E-state index in [1.807, 2.05) is 54.9 Å². The molecule has 1 fully saturated rings. The summed E-state index contributed by atoms with van der Waals surface area (Å²) >= 11 is 0. The quantitative estimate of drug-likeness (QED) is 0.404. The average Bonchev–Trinajstić information content (AvgIpc) is 3.39. The van der Waals surface area contributed by atoms with E-state index in [1.165, 1.54) is 0 Å². The van der Waals surface area contributed by atoms with Crippen molar-refractivity contribution in [3.8, 4) is 22.5 Å². The maximum atomic E-state index is 12.5. The number of nitrogens with one attached hydrogen (secondary N) is 2. The van der Waals surface area contributed by atoms with Crippen molar-refractivity contribution in [3.05, 3.63) is 72.6 Å². The smallest absolute Gasteiger partial charge is 0.251 e. The van der Waals surface area contributed by atoms with E-state index >= 15 is 0 Å². The van der Waals surface area contributed by atoms with Crippen LogP contribution in [-0.4, -0.2) is 32.4 Å². The van der Waals surface area contributed by atoms with Gasteiger partial charge in [0.1, 0.15) is 0 Å². The molecule has 4 aromatic rings. The van der Waals surface area contributed by atoms with Gasteiger partial charge in [0.25, 0.3) is 5.91 Å². The van der Waals surface area contributed by atoms with Gasteiger partial charge in [-0.15, -0.1) is 0 Å². The van der Waals surface area contributed by atoms with Crippen molar-refractivity contribution in [1.29, 1.82) is 0 Å². The number of hydrogen-bond acceptors (Lipinski definition) is 4. The Morgan fingerprint density at radius 2 is 1.79 bits per heavy atom. The lowest BCUT2D eigenvalue weighted by molar-refractivity contribution is 0.0935. The lowest BCUT2D eigenvalue weighted by atomic mass is 10.1. The number of amides is 1. The number of aromatic nitrogens is 3. The molecule has 33 heavy (non-hydrogen) atoms. The van der Waals surface area contributed by atoms with E-state index in [0.29, 0.717) is 11.5 Å². The second-order valence-corrected chi connectivity index (χ2v) is 9.54. The van der Waals surface area contributed by atoms with Gasteiger partial charge in [-0.1, -0.05) is 56.3 Å². The maximum Gasteiger partial charge on any atom is 0.251 e. The predicted molar refractivity (Wildman–Crippen MR) is 132 cm³/mol. The van der Waals surface area contributed by atoms with Crippen LogP contribution in [0.4, 0.5) is 5.82 Å². The second-order valence-electron chi connectivity index (χ2n) is 9.54. The lowest BCUT2D eigenvalue weighted by Crippen LogP contribution is -2.34. The highest BCUT2D eigenvalue weighted by atomic mass is 16.1. The van der Waals surface area contributed by atoms with Crippen LogP contribution in [-0.2, 0) is 0 Å². The Balaban J connectivity index is 1.53. The van der Waals surface area contributed by atoms with E-state index in [-0.39, 0.29) is 11.4 Å². The largest absolute Gasteiger partial charge is 0.367 e. The molecule has 2 aromatic carbocycles. The van der Waals surface area contributed by atoms with E-state index < -0.39 is 0 Å². The molecule has 168 valence electrons. The fraction of sp³-hybridized carbons (Fsp3) is 0.296. The molecule has 2 N–H and O–H groups in total. The Morgan fingerprint density at radius 3 is 2.45 bits per heavy atom. The van der Waals surface area contributed by atoms with Gasteiger partial charge in [-0.25, -0.2) is 9.97 Å². The van der Waals surface area contributed by atoms with Crippen molar-refractivity contribution in [1.82, 2.24) is 19.7 Å². The predicted octanol–water partition coefficient (Wildman–Crippen LogP) is 5.41. The number of rotatable bonds is 7. The number of hydrogen-bond donors (Lipinski definition) is 2. The Morgan fingerprint density at radius 1 is 1.06 bits per heavy atom. The molecule has 1 aliphatic rings. The van der Waals surface area contributed by atoms with Crippen LogP contribution in [0.15, 0.2) is 67.0 Å². The molecule has 0 radical (unpaired) electrons. The minimum absolute atomic E-state index is 0.0181. The van der Waals surface area contributed by atoms with E-state index in [4.69, 9.17) is 4.98 Å². The summed E-state index contributed by atoms with van der Waals surface area (Å²) in [6.45, 7) is 7.24. The average molecular weight is 440 g/mol. The van der Waals surface area contributed by atoms with Crippen molar-refractivity contribution in [2.45, 2.75) is 39.2 Å². The first-order valence-corrected chi connectivity index (χ1v) is 11.5. The van der Waals surface area contributed by atoms with Crippen LogP contribution in [0, 0.1) is 5.92 Å². The number of carbonyl (C=O) groups is 1. The lowest BCUT2D eigenvalue weighted by Gasteiger charge is -2.13. The van der Waals surface area contributed by atoms with Crippen LogP contribution in [0.3, 0.4) is 0 Å². The Labute approximate surface area is 194 Å². The van der Waals surface area contributed by atoms with E-state index in [1.54, 1.807) is 0 Å². The summed E-state index contributed by atoms with van der Waals surface area (Å²) in [5.41, 5.74) is 5.31. The molecule has 6 heteroatoms. The van der Waals surface area contributed by atoms with Gasteiger partial charge < -0.3 is 10.6 Å². The van der Waals surface area contributed by atoms with Crippen LogP contribution >= 0.6 is 0 Å². The number of anilines is 1. The topological polar surface area (TPSA) is 71.3 Å². The number of fused-ring (bicyclic) bond motifs is 1. The summed E-state index contributed by atoms with van der Waals surface area (Å²) in [6.07, 6.45) is 5.99. The molecule has 1 aliphatic carbocycles. The van der Waals surface area contributed by atoms with Gasteiger partial charge in [-0.3, -0.25) is 9.20 Å². The van der Waals surface area contributed by atoms with Crippen LogP contribution < -0.4 is 10.6 Å². The SMILES string of the molecule is CC(C)CNc1nc(-c2ccccc2)cn2c(-c3ccc(C(=O)NC4(C)CC4)cc3)cnc12. The molecule has 1 saturated carbocycles. The maximum absolute atomic E-state index is 12.5. The highest BCUT2D eigenvalue weighted by molar-refractivity contribution is 5.95. The Bertz CT molecular complexity index is 1290. The highest BCUT2D eigenvalue weighted by Crippen LogP contribution is 2.34. The number of nitrogens with zero attached hydrogens (tertiary/aromatic N) is 3. The standard InChI is InChI=1S/C27H29N5O/c1-18(2)15-28-24-25-29-16-23(32(25)17-22(30-24)19-7-5-4-6-8-19)20-9-11-21(12-10-20)26(33)31-27(3)13-14-27/h4-12,16-18H,13-15H2,1-3H3,(H,28,30)(H,31,33). The van der Waals surface area contributed by atoms with Gasteiger partial charge in [-0.2, -0.15) is 0 Å². The van der Waals surface area contributed by atoms with Crippen LogP contribution in [0.1, 0.15) is 44.0 Å². The molecular formula is C27H29N5O. The Hall–Kier alpha value is -3.67. The van der Waals surface area contributed by atoms with Crippen LogP contribution in [0.2, 0.25) is 0 Å². The highest BCUT2D eigenvalue weighted by Gasteiger charge is 2.38. The summed E-state index contributed by atoms with van der Waals surface area (Å²) in [5, 5.41) is 6.58. The first-order valence-electron chi connectivity index (χ1n) is 11.5. The third-order valence-electron chi connectivity index (χ3n) is 6.10. The summed E-state index contributed by atoms with van der Waals surface area (Å²) < 4.78 is 2.08. The summed E-state index contributed by atoms with van der Waals surface area (Å²) in [6, 6.07) is 17.9. The number of carbonyl (C=O) groups excluding carboxylic acids is 1. The third kappa shape index (κ3) is 4.46. The first kappa shape index (κ1) is 21.2. The van der Waals surface area contributed by atoms with Crippen molar-refractivity contribution in [2.75, 3.05) is 11.9 Å². The van der Waals surface area contributed by atoms with E-state index in [9.17, 15) is 4.79 Å². The molecule has 6 nitrogen and oxygen atoms in total. The monoisotopic (exact) mass is 439 g/mol. The third-order valence-corrected chi connectivity index (χ3v) is 6.10. The summed E-state index contributed by atoms with van der Waals surface area (Å²) in [4.78, 5) is 22.1. The molecule has 1 amide bonds. The van der Waals surface area contributed by atoms with Crippen molar-refractivity contribution < 1.29 is 4.79 Å². The molecule has 0 unspecified atom stereocenters. The first-order chi connectivity index (χ1) is 15.9. The van der Waals surface area contributed by atoms with E-state index in [2.05, 4.69) is 52.9 Å². The van der Waals surface area contributed by atoms with Crippen molar-refractivity contribution in [2.24, 2.45) is 5.92 Å². The molecule has 2 aromatic heterocycles. The molecule has 0 aliphatic heterocycles. The summed E-state index contributed by atoms with van der Waals surface area (Å²) in [7, 11) is 0. The van der Waals surface area contributed by atoms with Gasteiger partial charge in [-0.05, 0) is 37.8 Å². The zero-order valence-corrected chi connectivity index (χ0v) is 19.3. The number of benzene rings is 2. The van der Waals surface area contributed by atoms with Gasteiger partial charge in [0.15, 0.2) is 11.5 Å². The molecule has 0 spiro atoms. The van der Waals surface area contributed by atoms with Gasteiger partial charge >= 0.3 is 0 Å². The normalized spacial score (nSPS) is 14.4. The molecule has 5 rings (SSSR count). The van der Waals surface area contributed by atoms with Crippen molar-refractivity contribution >= 4 is 17.4 Å². The molecule has 0 atom stereocenters. The minimum atomic E-state index is -0.0301.